The summed E-state index contributed by atoms with van der Waals surface area (Å²) >= 11 is 0. The molecular formula is C65H41N5. The van der Waals surface area contributed by atoms with Crippen LogP contribution in [0.3, 0.4) is 0 Å². The molecule has 0 saturated carbocycles. The summed E-state index contributed by atoms with van der Waals surface area (Å²) < 4.78 is 4.85. The summed E-state index contributed by atoms with van der Waals surface area (Å²) in [6.45, 7) is 0. The summed E-state index contributed by atoms with van der Waals surface area (Å²) in [4.78, 5) is 15.5. The number of para-hydroxylation sites is 2. The molecule has 0 aliphatic carbocycles. The molecule has 5 nitrogen and oxygen atoms in total. The van der Waals surface area contributed by atoms with Gasteiger partial charge in [0.2, 0.25) is 0 Å². The molecule has 14 aromatic rings. The fourth-order valence-electron chi connectivity index (χ4n) is 10.7. The lowest BCUT2D eigenvalue weighted by Gasteiger charge is -2.13. The van der Waals surface area contributed by atoms with Crippen LogP contribution in [-0.2, 0) is 0 Å². The van der Waals surface area contributed by atoms with Crippen molar-refractivity contribution in [3.63, 3.8) is 0 Å². The normalized spacial score (nSPS) is 11.7. The van der Waals surface area contributed by atoms with E-state index >= 15 is 0 Å². The second kappa shape index (κ2) is 16.1. The van der Waals surface area contributed by atoms with Crippen molar-refractivity contribution in [1.82, 2.24) is 24.1 Å². The van der Waals surface area contributed by atoms with E-state index in [-0.39, 0.29) is 0 Å². The first-order valence-corrected chi connectivity index (χ1v) is 23.8. The summed E-state index contributed by atoms with van der Waals surface area (Å²) in [5.41, 5.74) is 14.2. The van der Waals surface area contributed by atoms with E-state index in [1.165, 1.54) is 54.1 Å². The van der Waals surface area contributed by atoms with Crippen LogP contribution >= 0.6 is 0 Å². The Morgan fingerprint density at radius 3 is 1.43 bits per heavy atom. The van der Waals surface area contributed by atoms with Gasteiger partial charge in [0.05, 0.1) is 27.8 Å². The van der Waals surface area contributed by atoms with Crippen LogP contribution in [-0.4, -0.2) is 24.1 Å². The largest absolute Gasteiger partial charge is 0.309 e. The number of aromatic nitrogens is 5. The molecular weight excluding hydrogens is 851 g/mol. The lowest BCUT2D eigenvalue weighted by Crippen LogP contribution is -2.01. The molecule has 326 valence electrons. The number of nitrogens with zero attached hydrogens (tertiary/aromatic N) is 5. The van der Waals surface area contributed by atoms with Crippen molar-refractivity contribution in [3.8, 4) is 67.8 Å². The lowest BCUT2D eigenvalue weighted by molar-refractivity contribution is 1.07. The van der Waals surface area contributed by atoms with Gasteiger partial charge in [-0.05, 0) is 111 Å². The molecule has 0 spiro atoms. The quantitative estimate of drug-likeness (QED) is 0.160. The van der Waals surface area contributed by atoms with Gasteiger partial charge >= 0.3 is 0 Å². The van der Waals surface area contributed by atoms with E-state index in [2.05, 4.69) is 246 Å². The van der Waals surface area contributed by atoms with E-state index < -0.39 is 0 Å². The summed E-state index contributed by atoms with van der Waals surface area (Å²) in [6, 6.07) is 88.8. The molecule has 0 N–H and O–H groups in total. The Morgan fingerprint density at radius 2 is 0.757 bits per heavy atom. The predicted molar refractivity (Wildman–Crippen MR) is 291 cm³/mol. The van der Waals surface area contributed by atoms with Crippen LogP contribution in [0.25, 0.3) is 133 Å². The third kappa shape index (κ3) is 6.51. The molecule has 0 fully saturated rings. The van der Waals surface area contributed by atoms with Crippen LogP contribution in [0.1, 0.15) is 0 Å². The molecule has 0 amide bonds. The van der Waals surface area contributed by atoms with Gasteiger partial charge in [-0.15, -0.1) is 0 Å². The minimum Gasteiger partial charge on any atom is -0.309 e. The van der Waals surface area contributed by atoms with Crippen molar-refractivity contribution in [3.05, 3.63) is 249 Å². The molecule has 14 rings (SSSR count). The van der Waals surface area contributed by atoms with E-state index in [1.807, 2.05) is 12.1 Å². The van der Waals surface area contributed by atoms with Gasteiger partial charge in [0.1, 0.15) is 0 Å². The van der Waals surface area contributed by atoms with E-state index in [0.717, 1.165) is 61.4 Å². The SMILES string of the molecule is c1ccc(-c2cccc(-c3nc(-c4ccc(-n5c6ccccc6c6cc7c(-n8c9ccccc9c9c%10ccccc%10ccc98)cccc7cc65)cc4)nc(-c4cccc(-c5ccccc5)c4)n3)c2)cc1. The second-order valence-corrected chi connectivity index (χ2v) is 18.0. The van der Waals surface area contributed by atoms with Crippen molar-refractivity contribution < 1.29 is 0 Å². The fraction of sp³-hybridized carbons (Fsp3) is 0. The van der Waals surface area contributed by atoms with Gasteiger partial charge in [-0.1, -0.05) is 176 Å². The van der Waals surface area contributed by atoms with Crippen LogP contribution in [0.5, 0.6) is 0 Å². The number of benzene rings is 11. The molecule has 11 aromatic carbocycles. The molecule has 5 heteroatoms. The highest BCUT2D eigenvalue weighted by Gasteiger charge is 2.20. The van der Waals surface area contributed by atoms with E-state index in [4.69, 9.17) is 15.0 Å². The number of hydrogen-bond acceptors (Lipinski definition) is 3. The number of fused-ring (bicyclic) bond motifs is 9. The van der Waals surface area contributed by atoms with Crippen molar-refractivity contribution >= 4 is 65.2 Å². The zero-order valence-electron chi connectivity index (χ0n) is 37.9. The Hall–Kier alpha value is -9.45. The fourth-order valence-corrected chi connectivity index (χ4v) is 10.7. The van der Waals surface area contributed by atoms with Crippen molar-refractivity contribution in [2.75, 3.05) is 0 Å². The maximum atomic E-state index is 5.19. The molecule has 0 aliphatic heterocycles. The molecule has 0 radical (unpaired) electrons. The number of rotatable bonds is 7. The molecule has 0 aliphatic rings. The highest BCUT2D eigenvalue weighted by atomic mass is 15.0. The van der Waals surface area contributed by atoms with Crippen LogP contribution in [0.4, 0.5) is 0 Å². The van der Waals surface area contributed by atoms with Crippen molar-refractivity contribution in [2.24, 2.45) is 0 Å². The van der Waals surface area contributed by atoms with Gasteiger partial charge in [-0.2, -0.15) is 0 Å². The van der Waals surface area contributed by atoms with Crippen LogP contribution in [0, 0.1) is 0 Å². The smallest absolute Gasteiger partial charge is 0.164 e. The molecule has 0 atom stereocenters. The highest BCUT2D eigenvalue weighted by Crippen LogP contribution is 2.41. The molecule has 3 aromatic heterocycles. The topological polar surface area (TPSA) is 48.5 Å². The highest BCUT2D eigenvalue weighted by molar-refractivity contribution is 6.22. The molecule has 3 heterocycles. The first kappa shape index (κ1) is 39.7. The van der Waals surface area contributed by atoms with Gasteiger partial charge in [-0.25, -0.2) is 15.0 Å². The first-order valence-electron chi connectivity index (χ1n) is 23.8. The maximum absolute atomic E-state index is 5.19. The Bertz CT molecular complexity index is 4240. The summed E-state index contributed by atoms with van der Waals surface area (Å²) in [5.74, 6) is 1.85. The summed E-state index contributed by atoms with van der Waals surface area (Å²) in [6.07, 6.45) is 0. The molecule has 0 saturated heterocycles. The van der Waals surface area contributed by atoms with Gasteiger partial charge < -0.3 is 9.13 Å². The van der Waals surface area contributed by atoms with E-state index in [0.29, 0.717) is 17.5 Å². The Balaban J connectivity index is 0.908. The Morgan fingerprint density at radius 1 is 0.243 bits per heavy atom. The van der Waals surface area contributed by atoms with Crippen LogP contribution in [0.2, 0.25) is 0 Å². The van der Waals surface area contributed by atoms with E-state index in [9.17, 15) is 0 Å². The standard InChI is InChI=1S/C65H41N5/c1-3-16-42(17-4-1)46-21-13-24-49(38-46)64-66-63(67-65(68-64)50-25-14-22-47(39-50)43-18-5-2-6-19-43)45-32-35-51(36-33-45)69-57-29-11-9-27-53(57)56-41-55-48(40-61(56)69)23-15-31-59(55)70-58-30-12-10-28-54(58)62-52-26-8-7-20-44(52)34-37-60(62)70/h1-41H. The van der Waals surface area contributed by atoms with Crippen molar-refractivity contribution in [2.45, 2.75) is 0 Å². The maximum Gasteiger partial charge on any atom is 0.164 e. The Labute approximate surface area is 403 Å². The Kier molecular flexibility index (Phi) is 9.14. The third-order valence-electron chi connectivity index (χ3n) is 13.9. The first-order chi connectivity index (χ1) is 34.7. The third-order valence-corrected chi connectivity index (χ3v) is 13.9. The minimum atomic E-state index is 0.612. The van der Waals surface area contributed by atoms with Gasteiger partial charge in [0, 0.05) is 49.3 Å². The summed E-state index contributed by atoms with van der Waals surface area (Å²) in [7, 11) is 0. The molecule has 70 heavy (non-hydrogen) atoms. The van der Waals surface area contributed by atoms with Gasteiger partial charge in [0.15, 0.2) is 17.5 Å². The zero-order chi connectivity index (χ0) is 46.1. The second-order valence-electron chi connectivity index (χ2n) is 18.0. The average molecular weight is 892 g/mol. The van der Waals surface area contributed by atoms with Gasteiger partial charge in [-0.3, -0.25) is 0 Å². The zero-order valence-corrected chi connectivity index (χ0v) is 37.9. The molecule has 0 bridgehead atoms. The molecule has 0 unspecified atom stereocenters. The van der Waals surface area contributed by atoms with Crippen LogP contribution < -0.4 is 0 Å². The monoisotopic (exact) mass is 891 g/mol. The van der Waals surface area contributed by atoms with Crippen LogP contribution in [0.15, 0.2) is 249 Å². The average Bonchev–Trinajstić information content (AvgIpc) is 3.95. The minimum absolute atomic E-state index is 0.612. The van der Waals surface area contributed by atoms with Crippen molar-refractivity contribution in [1.29, 1.82) is 0 Å². The lowest BCUT2D eigenvalue weighted by atomic mass is 10.0. The van der Waals surface area contributed by atoms with E-state index in [1.54, 1.807) is 0 Å². The summed E-state index contributed by atoms with van der Waals surface area (Å²) in [5, 5.41) is 9.84. The predicted octanol–water partition coefficient (Wildman–Crippen LogP) is 16.7. The van der Waals surface area contributed by atoms with Gasteiger partial charge in [0.25, 0.3) is 0 Å². The number of hydrogen-bond donors (Lipinski definition) is 0.